The number of halogens is 2. The van der Waals surface area contributed by atoms with E-state index in [1.54, 1.807) is 38.2 Å². The Labute approximate surface area is 165 Å². The minimum Gasteiger partial charge on any atom is -0.467 e. The number of likely N-dealkylation sites (N-methyl/N-ethyl adjacent to an activating group) is 1. The van der Waals surface area contributed by atoms with E-state index in [4.69, 9.17) is 27.6 Å². The predicted molar refractivity (Wildman–Crippen MR) is 99.2 cm³/mol. The van der Waals surface area contributed by atoms with Crippen molar-refractivity contribution >= 4 is 41.0 Å². The van der Waals surface area contributed by atoms with Gasteiger partial charge in [-0.15, -0.1) is 0 Å². The quantitative estimate of drug-likeness (QED) is 0.769. The number of carbonyl (C=O) groups is 3. The van der Waals surface area contributed by atoms with Gasteiger partial charge in [-0.3, -0.25) is 14.5 Å². The number of rotatable bonds is 5. The zero-order chi connectivity index (χ0) is 19.8. The molecule has 0 aliphatic carbocycles. The Morgan fingerprint density at radius 1 is 1.30 bits per heavy atom. The first-order valence-electron chi connectivity index (χ1n) is 8.08. The number of amides is 4. The highest BCUT2D eigenvalue weighted by Crippen LogP contribution is 2.34. The number of furan rings is 1. The molecule has 7 nitrogen and oxygen atoms in total. The Morgan fingerprint density at radius 3 is 2.67 bits per heavy atom. The summed E-state index contributed by atoms with van der Waals surface area (Å²) in [5, 5.41) is 3.28. The minimum atomic E-state index is -1.38. The molecule has 142 valence electrons. The molecule has 1 aromatic heterocycles. The lowest BCUT2D eigenvalue weighted by Gasteiger charge is -2.24. The number of urea groups is 1. The molecule has 0 radical (unpaired) electrons. The van der Waals surface area contributed by atoms with Crippen molar-refractivity contribution in [3.63, 3.8) is 0 Å². The monoisotopic (exact) mass is 409 g/mol. The van der Waals surface area contributed by atoms with Crippen LogP contribution in [0.25, 0.3) is 0 Å². The van der Waals surface area contributed by atoms with Crippen LogP contribution in [0.4, 0.5) is 4.79 Å². The molecule has 0 spiro atoms. The summed E-state index contributed by atoms with van der Waals surface area (Å²) in [4.78, 5) is 40.0. The molecule has 0 bridgehead atoms. The van der Waals surface area contributed by atoms with Gasteiger partial charge in [0.1, 0.15) is 17.8 Å². The molecule has 1 saturated heterocycles. The Balaban J connectivity index is 1.76. The van der Waals surface area contributed by atoms with E-state index in [0.717, 1.165) is 4.90 Å². The highest BCUT2D eigenvalue weighted by Gasteiger charge is 2.50. The van der Waals surface area contributed by atoms with Crippen LogP contribution in [-0.2, 0) is 21.7 Å². The van der Waals surface area contributed by atoms with Crippen LogP contribution in [0, 0.1) is 0 Å². The van der Waals surface area contributed by atoms with Gasteiger partial charge in [-0.2, -0.15) is 0 Å². The fourth-order valence-corrected chi connectivity index (χ4v) is 3.50. The molecule has 1 N–H and O–H groups in total. The van der Waals surface area contributed by atoms with Crippen molar-refractivity contribution in [2.75, 3.05) is 13.6 Å². The topological polar surface area (TPSA) is 82.9 Å². The maximum Gasteiger partial charge on any atom is 0.325 e. The van der Waals surface area contributed by atoms with Crippen LogP contribution in [0.1, 0.15) is 18.2 Å². The summed E-state index contributed by atoms with van der Waals surface area (Å²) < 4.78 is 5.20. The van der Waals surface area contributed by atoms with Crippen molar-refractivity contribution in [2.45, 2.75) is 19.0 Å². The summed E-state index contributed by atoms with van der Waals surface area (Å²) >= 11 is 12.1. The van der Waals surface area contributed by atoms with Crippen molar-refractivity contribution < 1.29 is 18.8 Å². The fourth-order valence-electron chi connectivity index (χ4n) is 2.90. The standard InChI is InChI=1S/C18H17Cl2N3O4/c1-18(13-6-5-11(19)8-14(13)20)16(25)23(17(26)21-18)10-15(24)22(2)9-12-4-3-7-27-12/h3-8H,9-10H2,1-2H3,(H,21,26)/t18-/m1/s1. The molecule has 4 amide bonds. The van der Waals surface area contributed by atoms with Crippen LogP contribution in [0.15, 0.2) is 41.0 Å². The van der Waals surface area contributed by atoms with Crippen LogP contribution in [0.2, 0.25) is 10.0 Å². The Bertz CT molecular complexity index is 900. The Kier molecular flexibility index (Phi) is 5.17. The first-order chi connectivity index (χ1) is 12.7. The summed E-state index contributed by atoms with van der Waals surface area (Å²) in [5.74, 6) is -0.362. The SMILES string of the molecule is CN(Cc1ccco1)C(=O)CN1C(=O)N[C@](C)(c2ccc(Cl)cc2Cl)C1=O. The number of imide groups is 1. The van der Waals surface area contributed by atoms with E-state index in [1.165, 1.54) is 17.2 Å². The van der Waals surface area contributed by atoms with Crippen molar-refractivity contribution in [2.24, 2.45) is 0 Å². The fraction of sp³-hybridized carbons (Fsp3) is 0.278. The van der Waals surface area contributed by atoms with E-state index >= 15 is 0 Å². The number of hydrogen-bond donors (Lipinski definition) is 1. The van der Waals surface area contributed by atoms with Gasteiger partial charge in [0.05, 0.1) is 12.8 Å². The second-order valence-corrected chi connectivity index (χ2v) is 7.24. The molecule has 1 aliphatic rings. The van der Waals surface area contributed by atoms with Crippen molar-refractivity contribution in [3.8, 4) is 0 Å². The minimum absolute atomic E-state index is 0.232. The van der Waals surface area contributed by atoms with E-state index in [9.17, 15) is 14.4 Å². The molecule has 1 aromatic carbocycles. The number of nitrogens with zero attached hydrogens (tertiary/aromatic N) is 2. The lowest BCUT2D eigenvalue weighted by atomic mass is 9.92. The third-order valence-corrected chi connectivity index (χ3v) is 4.98. The van der Waals surface area contributed by atoms with Gasteiger partial charge >= 0.3 is 6.03 Å². The summed E-state index contributed by atoms with van der Waals surface area (Å²) in [6.45, 7) is 1.39. The largest absolute Gasteiger partial charge is 0.467 e. The molecule has 1 fully saturated rings. The van der Waals surface area contributed by atoms with Gasteiger partial charge in [0.2, 0.25) is 5.91 Å². The Morgan fingerprint density at radius 2 is 2.04 bits per heavy atom. The molecule has 0 unspecified atom stereocenters. The van der Waals surface area contributed by atoms with Crippen molar-refractivity contribution in [1.29, 1.82) is 0 Å². The van der Waals surface area contributed by atoms with Gasteiger partial charge in [-0.25, -0.2) is 4.79 Å². The molecule has 2 heterocycles. The van der Waals surface area contributed by atoms with Gasteiger partial charge in [0.15, 0.2) is 0 Å². The van der Waals surface area contributed by atoms with Crippen LogP contribution in [0.3, 0.4) is 0 Å². The highest BCUT2D eigenvalue weighted by atomic mass is 35.5. The number of carbonyl (C=O) groups excluding carboxylic acids is 3. The molecule has 1 atom stereocenters. The van der Waals surface area contributed by atoms with Crippen molar-refractivity contribution in [3.05, 3.63) is 58.0 Å². The maximum atomic E-state index is 12.9. The summed E-state index contributed by atoms with van der Waals surface area (Å²) in [5.41, 5.74) is -0.968. The second-order valence-electron chi connectivity index (χ2n) is 6.40. The van der Waals surface area contributed by atoms with Crippen LogP contribution < -0.4 is 5.32 Å². The van der Waals surface area contributed by atoms with E-state index in [-0.39, 0.29) is 18.1 Å². The van der Waals surface area contributed by atoms with Gasteiger partial charge in [-0.05, 0) is 31.2 Å². The maximum absolute atomic E-state index is 12.9. The molecular formula is C18H17Cl2N3O4. The summed E-state index contributed by atoms with van der Waals surface area (Å²) in [6.07, 6.45) is 1.51. The zero-order valence-electron chi connectivity index (χ0n) is 14.7. The van der Waals surface area contributed by atoms with Crippen LogP contribution in [0.5, 0.6) is 0 Å². The van der Waals surface area contributed by atoms with E-state index in [1.807, 2.05) is 0 Å². The van der Waals surface area contributed by atoms with Gasteiger partial charge in [0, 0.05) is 22.7 Å². The molecule has 0 saturated carbocycles. The van der Waals surface area contributed by atoms with Crippen LogP contribution in [-0.4, -0.2) is 41.2 Å². The highest BCUT2D eigenvalue weighted by molar-refractivity contribution is 6.35. The van der Waals surface area contributed by atoms with Gasteiger partial charge in [0.25, 0.3) is 5.91 Å². The van der Waals surface area contributed by atoms with Crippen LogP contribution >= 0.6 is 23.2 Å². The third kappa shape index (κ3) is 3.65. The van der Waals surface area contributed by atoms with Gasteiger partial charge in [-0.1, -0.05) is 29.3 Å². The number of nitrogens with one attached hydrogen (secondary N) is 1. The smallest absolute Gasteiger partial charge is 0.325 e. The third-order valence-electron chi connectivity index (χ3n) is 4.44. The van der Waals surface area contributed by atoms with Gasteiger partial charge < -0.3 is 14.6 Å². The van der Waals surface area contributed by atoms with E-state index in [0.29, 0.717) is 16.3 Å². The summed E-state index contributed by atoms with van der Waals surface area (Å²) in [6, 6.07) is 7.45. The first-order valence-corrected chi connectivity index (χ1v) is 8.84. The normalized spacial score (nSPS) is 19.3. The molecule has 27 heavy (non-hydrogen) atoms. The molecular weight excluding hydrogens is 393 g/mol. The lowest BCUT2D eigenvalue weighted by molar-refractivity contribution is -0.138. The molecule has 1 aliphatic heterocycles. The number of hydrogen-bond acceptors (Lipinski definition) is 4. The first kappa shape index (κ1) is 19.3. The lowest BCUT2D eigenvalue weighted by Crippen LogP contribution is -2.43. The second kappa shape index (κ2) is 7.25. The average molecular weight is 410 g/mol. The summed E-state index contributed by atoms with van der Waals surface area (Å²) in [7, 11) is 1.57. The average Bonchev–Trinajstić information content (AvgIpc) is 3.17. The van der Waals surface area contributed by atoms with E-state index in [2.05, 4.69) is 5.32 Å². The number of benzene rings is 1. The molecule has 2 aromatic rings. The predicted octanol–water partition coefficient (Wildman–Crippen LogP) is 3.01. The molecule has 3 rings (SSSR count). The van der Waals surface area contributed by atoms with Crippen molar-refractivity contribution in [1.82, 2.24) is 15.1 Å². The Hall–Kier alpha value is -2.51. The zero-order valence-corrected chi connectivity index (χ0v) is 16.2. The van der Waals surface area contributed by atoms with E-state index < -0.39 is 23.4 Å². The molecule has 9 heteroatoms.